The molecule has 0 atom stereocenters. The molecule has 1 aliphatic rings. The minimum absolute atomic E-state index is 0.144. The van der Waals surface area contributed by atoms with E-state index in [1.165, 1.54) is 12.1 Å². The molecule has 0 amide bonds. The molecule has 4 heteroatoms. The maximum Gasteiger partial charge on any atom is 0.416 e. The number of halogens is 3. The van der Waals surface area contributed by atoms with Crippen molar-refractivity contribution in [3.63, 3.8) is 0 Å². The zero-order valence-electron chi connectivity index (χ0n) is 8.98. The van der Waals surface area contributed by atoms with Crippen LogP contribution in [0.5, 0.6) is 0 Å². The van der Waals surface area contributed by atoms with Gasteiger partial charge in [-0.1, -0.05) is 26.0 Å². The van der Waals surface area contributed by atoms with E-state index in [1.807, 2.05) is 0 Å². The molecule has 0 spiro atoms. The van der Waals surface area contributed by atoms with Crippen LogP contribution in [0.1, 0.15) is 35.3 Å². The van der Waals surface area contributed by atoms with Crippen LogP contribution in [0.2, 0.25) is 0 Å². The van der Waals surface area contributed by atoms with Gasteiger partial charge in [0.2, 0.25) is 0 Å². The van der Waals surface area contributed by atoms with Gasteiger partial charge in [-0.2, -0.15) is 13.2 Å². The molecule has 2 rings (SSSR count). The Labute approximate surface area is 91.3 Å². The number of alkyl halides is 3. The van der Waals surface area contributed by atoms with E-state index in [-0.39, 0.29) is 23.3 Å². The summed E-state index contributed by atoms with van der Waals surface area (Å²) in [5, 5.41) is 0. The summed E-state index contributed by atoms with van der Waals surface area (Å²) in [4.78, 5) is 11.8. The number of fused-ring (bicyclic) bond motifs is 1. The first-order valence-corrected chi connectivity index (χ1v) is 4.97. The maximum absolute atomic E-state index is 12.7. The van der Waals surface area contributed by atoms with E-state index in [1.54, 1.807) is 13.8 Å². The van der Waals surface area contributed by atoms with Gasteiger partial charge in [0.25, 0.3) is 0 Å². The van der Waals surface area contributed by atoms with E-state index in [9.17, 15) is 18.0 Å². The van der Waals surface area contributed by atoms with E-state index in [0.29, 0.717) is 0 Å². The number of ketones is 1. The Morgan fingerprint density at radius 3 is 2.44 bits per heavy atom. The summed E-state index contributed by atoms with van der Waals surface area (Å²) in [6, 6.07) is 3.80. The van der Waals surface area contributed by atoms with Crippen LogP contribution in [-0.2, 0) is 12.6 Å². The van der Waals surface area contributed by atoms with Crippen molar-refractivity contribution in [2.45, 2.75) is 26.4 Å². The summed E-state index contributed by atoms with van der Waals surface area (Å²) in [5.41, 5.74) is -1.03. The monoisotopic (exact) mass is 228 g/mol. The van der Waals surface area contributed by atoms with Crippen molar-refractivity contribution in [1.29, 1.82) is 0 Å². The van der Waals surface area contributed by atoms with Crippen LogP contribution in [0, 0.1) is 5.41 Å². The SMILES string of the molecule is CC1(C)Cc2c(cccc2C(F)(F)F)C1=O. The smallest absolute Gasteiger partial charge is 0.294 e. The van der Waals surface area contributed by atoms with Crippen LogP contribution in [0.3, 0.4) is 0 Å². The van der Waals surface area contributed by atoms with Crippen molar-refractivity contribution in [3.05, 3.63) is 34.9 Å². The fourth-order valence-corrected chi connectivity index (χ4v) is 2.14. The van der Waals surface area contributed by atoms with E-state index in [2.05, 4.69) is 0 Å². The van der Waals surface area contributed by atoms with Crippen LogP contribution in [0.25, 0.3) is 0 Å². The third-order valence-electron chi connectivity index (χ3n) is 2.96. The van der Waals surface area contributed by atoms with Gasteiger partial charge in [0, 0.05) is 11.0 Å². The number of hydrogen-bond acceptors (Lipinski definition) is 1. The fraction of sp³-hybridized carbons (Fsp3) is 0.417. The van der Waals surface area contributed by atoms with Gasteiger partial charge < -0.3 is 0 Å². The number of carbonyl (C=O) groups excluding carboxylic acids is 1. The first kappa shape index (κ1) is 11.2. The Kier molecular flexibility index (Phi) is 2.16. The molecule has 0 heterocycles. The van der Waals surface area contributed by atoms with Gasteiger partial charge in [0.05, 0.1) is 5.56 Å². The zero-order valence-corrected chi connectivity index (χ0v) is 8.98. The molecule has 1 aromatic rings. The van der Waals surface area contributed by atoms with Crippen molar-refractivity contribution >= 4 is 5.78 Å². The van der Waals surface area contributed by atoms with E-state index in [4.69, 9.17) is 0 Å². The number of Topliss-reactive ketones (excluding diaryl/α,β-unsaturated/α-hetero) is 1. The van der Waals surface area contributed by atoms with Crippen molar-refractivity contribution in [2.75, 3.05) is 0 Å². The molecule has 0 aliphatic heterocycles. The van der Waals surface area contributed by atoms with E-state index >= 15 is 0 Å². The van der Waals surface area contributed by atoms with Crippen LogP contribution in [0.4, 0.5) is 13.2 Å². The minimum atomic E-state index is -4.38. The normalized spacial score (nSPS) is 18.7. The first-order valence-electron chi connectivity index (χ1n) is 4.97. The van der Waals surface area contributed by atoms with Gasteiger partial charge >= 0.3 is 6.18 Å². The highest BCUT2D eigenvalue weighted by Gasteiger charge is 2.43. The molecule has 16 heavy (non-hydrogen) atoms. The van der Waals surface area contributed by atoms with Crippen molar-refractivity contribution in [1.82, 2.24) is 0 Å². The molecule has 0 saturated heterocycles. The summed E-state index contributed by atoms with van der Waals surface area (Å²) in [5.74, 6) is -0.200. The Hall–Kier alpha value is -1.32. The van der Waals surface area contributed by atoms with Crippen LogP contribution in [-0.4, -0.2) is 5.78 Å². The fourth-order valence-electron chi connectivity index (χ4n) is 2.14. The lowest BCUT2D eigenvalue weighted by Gasteiger charge is -2.14. The van der Waals surface area contributed by atoms with Gasteiger partial charge in [-0.25, -0.2) is 0 Å². The second kappa shape index (κ2) is 3.09. The molecule has 0 N–H and O–H groups in total. The molecule has 0 radical (unpaired) electrons. The Morgan fingerprint density at radius 2 is 1.88 bits per heavy atom. The standard InChI is InChI=1S/C12H11F3O/c1-11(2)6-8-7(10(11)16)4-3-5-9(8)12(13,14)15/h3-5H,6H2,1-2H3. The second-order valence-electron chi connectivity index (χ2n) is 4.72. The molecule has 86 valence electrons. The summed E-state index contributed by atoms with van der Waals surface area (Å²) >= 11 is 0. The molecular formula is C12H11F3O. The summed E-state index contributed by atoms with van der Waals surface area (Å²) in [7, 11) is 0. The van der Waals surface area contributed by atoms with Crippen molar-refractivity contribution in [3.8, 4) is 0 Å². The molecule has 1 nitrogen and oxygen atoms in total. The van der Waals surface area contributed by atoms with Crippen molar-refractivity contribution < 1.29 is 18.0 Å². The third kappa shape index (κ3) is 1.52. The largest absolute Gasteiger partial charge is 0.416 e. The number of benzene rings is 1. The maximum atomic E-state index is 12.7. The van der Waals surface area contributed by atoms with Crippen LogP contribution in [0.15, 0.2) is 18.2 Å². The summed E-state index contributed by atoms with van der Waals surface area (Å²) < 4.78 is 38.1. The first-order chi connectivity index (χ1) is 7.23. The van der Waals surface area contributed by atoms with E-state index in [0.717, 1.165) is 6.07 Å². The van der Waals surface area contributed by atoms with Gasteiger partial charge in [0.1, 0.15) is 0 Å². The predicted octanol–water partition coefficient (Wildman–Crippen LogP) is 3.47. The second-order valence-corrected chi connectivity index (χ2v) is 4.72. The highest BCUT2D eigenvalue weighted by atomic mass is 19.4. The van der Waals surface area contributed by atoms with Gasteiger partial charge in [0.15, 0.2) is 5.78 Å². The predicted molar refractivity (Wildman–Crippen MR) is 53.3 cm³/mol. The molecular weight excluding hydrogens is 217 g/mol. The average Bonchev–Trinajstić information content (AvgIpc) is 2.36. The Morgan fingerprint density at radius 1 is 1.25 bits per heavy atom. The molecule has 0 bridgehead atoms. The lowest BCUT2D eigenvalue weighted by Crippen LogP contribution is -2.19. The van der Waals surface area contributed by atoms with Crippen LogP contribution >= 0.6 is 0 Å². The van der Waals surface area contributed by atoms with Crippen molar-refractivity contribution in [2.24, 2.45) is 5.41 Å². The molecule has 1 aromatic carbocycles. The number of carbonyl (C=O) groups is 1. The quantitative estimate of drug-likeness (QED) is 0.664. The highest BCUT2D eigenvalue weighted by molar-refractivity contribution is 6.04. The van der Waals surface area contributed by atoms with Gasteiger partial charge in [-0.05, 0) is 18.1 Å². The lowest BCUT2D eigenvalue weighted by molar-refractivity contribution is -0.138. The van der Waals surface area contributed by atoms with E-state index < -0.39 is 17.2 Å². The lowest BCUT2D eigenvalue weighted by atomic mass is 9.89. The molecule has 0 fully saturated rings. The van der Waals surface area contributed by atoms with Crippen LogP contribution < -0.4 is 0 Å². The summed E-state index contributed by atoms with van der Waals surface area (Å²) in [6.45, 7) is 3.35. The number of rotatable bonds is 0. The van der Waals surface area contributed by atoms with Gasteiger partial charge in [-0.15, -0.1) is 0 Å². The molecule has 0 aromatic heterocycles. The Balaban J connectivity index is 2.63. The average molecular weight is 228 g/mol. The topological polar surface area (TPSA) is 17.1 Å². The summed E-state index contributed by atoms with van der Waals surface area (Å²) in [6.07, 6.45) is -4.22. The molecule has 1 aliphatic carbocycles. The van der Waals surface area contributed by atoms with Gasteiger partial charge in [-0.3, -0.25) is 4.79 Å². The highest BCUT2D eigenvalue weighted by Crippen LogP contribution is 2.42. The zero-order chi connectivity index (χ0) is 12.1. The minimum Gasteiger partial charge on any atom is -0.294 e. The third-order valence-corrected chi connectivity index (χ3v) is 2.96. The molecule has 0 saturated carbocycles. The number of hydrogen-bond donors (Lipinski definition) is 0. The Bertz CT molecular complexity index is 458. The molecule has 0 unspecified atom stereocenters.